The number of nitrogen functional groups attached to an aromatic ring is 1. The van der Waals surface area contributed by atoms with E-state index in [1.54, 1.807) is 7.11 Å². The Morgan fingerprint density at radius 1 is 1.43 bits per heavy atom. The Balaban J connectivity index is 2.09. The summed E-state index contributed by atoms with van der Waals surface area (Å²) in [5.41, 5.74) is 7.33. The van der Waals surface area contributed by atoms with E-state index in [-0.39, 0.29) is 18.5 Å². The molecule has 6 heteroatoms. The average Bonchev–Trinajstić information content (AvgIpc) is 2.52. The van der Waals surface area contributed by atoms with Crippen LogP contribution in [0, 0.1) is 5.41 Å². The van der Waals surface area contributed by atoms with Crippen molar-refractivity contribution >= 4 is 11.5 Å². The number of nitrogens with one attached hydrogen (secondary N) is 1. The van der Waals surface area contributed by atoms with Crippen LogP contribution >= 0.6 is 0 Å². The third-order valence-electron chi connectivity index (χ3n) is 3.72. The van der Waals surface area contributed by atoms with E-state index in [1.807, 2.05) is 18.2 Å². The highest BCUT2D eigenvalue weighted by atomic mass is 16.5. The highest BCUT2D eigenvalue weighted by molar-refractivity contribution is 6.00. The predicted molar refractivity (Wildman–Crippen MR) is 82.3 cm³/mol. The summed E-state index contributed by atoms with van der Waals surface area (Å²) < 4.78 is 10.8. The van der Waals surface area contributed by atoms with E-state index in [4.69, 9.17) is 25.7 Å². The smallest absolute Gasteiger partial charge is 0.124 e. The molecular weight excluding hydrogens is 270 g/mol. The molecule has 1 aliphatic rings. The van der Waals surface area contributed by atoms with E-state index < -0.39 is 0 Å². The lowest BCUT2D eigenvalue weighted by Crippen LogP contribution is -2.38. The van der Waals surface area contributed by atoms with Crippen molar-refractivity contribution in [3.63, 3.8) is 0 Å². The van der Waals surface area contributed by atoms with Gasteiger partial charge in [0.05, 0.1) is 32.1 Å². The van der Waals surface area contributed by atoms with Gasteiger partial charge in [0, 0.05) is 24.7 Å². The Hall–Kier alpha value is -1.79. The van der Waals surface area contributed by atoms with Crippen molar-refractivity contribution in [2.45, 2.75) is 18.9 Å². The van der Waals surface area contributed by atoms with Crippen molar-refractivity contribution in [1.82, 2.24) is 0 Å². The molecular formula is C15H23N3O3. The van der Waals surface area contributed by atoms with Gasteiger partial charge in [-0.25, -0.2) is 0 Å². The van der Waals surface area contributed by atoms with Crippen LogP contribution in [0.3, 0.4) is 0 Å². The molecule has 0 spiro atoms. The maximum absolute atomic E-state index is 8.80. The Morgan fingerprint density at radius 3 is 2.71 bits per heavy atom. The third-order valence-corrected chi connectivity index (χ3v) is 3.72. The fraction of sp³-hybridized carbons (Fsp3) is 0.533. The summed E-state index contributed by atoms with van der Waals surface area (Å²) >= 11 is 0. The van der Waals surface area contributed by atoms with Gasteiger partial charge >= 0.3 is 0 Å². The van der Waals surface area contributed by atoms with E-state index in [0.717, 1.165) is 42.9 Å². The molecule has 0 radical (unpaired) electrons. The first-order valence-corrected chi connectivity index (χ1v) is 7.15. The molecule has 0 unspecified atom stereocenters. The molecule has 0 saturated carbocycles. The number of hydrogen-bond donors (Lipinski definition) is 3. The minimum Gasteiger partial charge on any atom is -0.497 e. The normalized spacial score (nSPS) is 16.0. The highest BCUT2D eigenvalue weighted by Gasteiger charge is 2.22. The van der Waals surface area contributed by atoms with Gasteiger partial charge in [0.1, 0.15) is 11.6 Å². The van der Waals surface area contributed by atoms with Gasteiger partial charge in [0.25, 0.3) is 0 Å². The van der Waals surface area contributed by atoms with Gasteiger partial charge < -0.3 is 25.2 Å². The number of aliphatic hydroxyl groups excluding tert-OH is 1. The van der Waals surface area contributed by atoms with Gasteiger partial charge in [-0.2, -0.15) is 0 Å². The number of anilines is 1. The van der Waals surface area contributed by atoms with E-state index in [2.05, 4.69) is 4.90 Å². The standard InChI is InChI=1S/C15H23N3O3/c1-20-12-2-3-13(15(16)17)14(10-12)18-6-4-11(5-7-18)21-9-8-19/h2-3,10-11,19H,4-9H2,1H3,(H3,16,17). The zero-order valence-corrected chi connectivity index (χ0v) is 12.3. The average molecular weight is 293 g/mol. The monoisotopic (exact) mass is 293 g/mol. The lowest BCUT2D eigenvalue weighted by atomic mass is 10.0. The second kappa shape index (κ2) is 7.28. The van der Waals surface area contributed by atoms with Crippen molar-refractivity contribution in [2.75, 3.05) is 38.3 Å². The maximum Gasteiger partial charge on any atom is 0.124 e. The topological polar surface area (TPSA) is 91.8 Å². The molecule has 1 saturated heterocycles. The van der Waals surface area contributed by atoms with Gasteiger partial charge in [-0.1, -0.05) is 0 Å². The van der Waals surface area contributed by atoms with Gasteiger partial charge in [0.15, 0.2) is 0 Å². The lowest BCUT2D eigenvalue weighted by Gasteiger charge is -2.34. The van der Waals surface area contributed by atoms with E-state index in [9.17, 15) is 0 Å². The quantitative estimate of drug-likeness (QED) is 0.536. The first-order chi connectivity index (χ1) is 10.2. The number of ether oxygens (including phenoxy) is 2. The van der Waals surface area contributed by atoms with Crippen LogP contribution < -0.4 is 15.4 Å². The van der Waals surface area contributed by atoms with Crippen LogP contribution in [0.5, 0.6) is 5.75 Å². The molecule has 0 bridgehead atoms. The summed E-state index contributed by atoms with van der Waals surface area (Å²) in [5, 5.41) is 16.5. The molecule has 0 atom stereocenters. The van der Waals surface area contributed by atoms with Crippen LogP contribution in [0.1, 0.15) is 18.4 Å². The minimum atomic E-state index is 0.0601. The van der Waals surface area contributed by atoms with Crippen LogP contribution in [-0.4, -0.2) is 50.5 Å². The molecule has 0 aromatic heterocycles. The summed E-state index contributed by atoms with van der Waals surface area (Å²) in [4.78, 5) is 2.21. The van der Waals surface area contributed by atoms with Crippen molar-refractivity contribution in [3.8, 4) is 5.75 Å². The van der Waals surface area contributed by atoms with Crippen molar-refractivity contribution in [3.05, 3.63) is 23.8 Å². The second-order valence-electron chi connectivity index (χ2n) is 5.08. The van der Waals surface area contributed by atoms with Crippen molar-refractivity contribution in [1.29, 1.82) is 5.41 Å². The summed E-state index contributed by atoms with van der Waals surface area (Å²) in [6.45, 7) is 2.13. The Bertz CT molecular complexity index is 485. The summed E-state index contributed by atoms with van der Waals surface area (Å²) in [5.74, 6) is 0.819. The number of rotatable bonds is 6. The molecule has 21 heavy (non-hydrogen) atoms. The molecule has 4 N–H and O–H groups in total. The Labute approximate surface area is 125 Å². The number of amidine groups is 1. The maximum atomic E-state index is 8.80. The number of nitrogens with two attached hydrogens (primary N) is 1. The molecule has 1 aromatic rings. The Kier molecular flexibility index (Phi) is 5.41. The van der Waals surface area contributed by atoms with E-state index >= 15 is 0 Å². The third kappa shape index (κ3) is 3.86. The van der Waals surface area contributed by atoms with Crippen LogP contribution in [-0.2, 0) is 4.74 Å². The number of hydrogen-bond acceptors (Lipinski definition) is 5. The first kappa shape index (κ1) is 15.6. The molecule has 1 aliphatic heterocycles. The lowest BCUT2D eigenvalue weighted by molar-refractivity contribution is 0.0159. The van der Waals surface area contributed by atoms with E-state index in [1.165, 1.54) is 0 Å². The van der Waals surface area contributed by atoms with Crippen LogP contribution in [0.15, 0.2) is 18.2 Å². The van der Waals surface area contributed by atoms with Gasteiger partial charge in [-0.3, -0.25) is 5.41 Å². The van der Waals surface area contributed by atoms with E-state index in [0.29, 0.717) is 6.61 Å². The second-order valence-corrected chi connectivity index (χ2v) is 5.08. The van der Waals surface area contributed by atoms with Crippen molar-refractivity contribution in [2.24, 2.45) is 5.73 Å². The Morgan fingerprint density at radius 2 is 2.14 bits per heavy atom. The van der Waals surface area contributed by atoms with Crippen LogP contribution in [0.4, 0.5) is 5.69 Å². The number of benzene rings is 1. The van der Waals surface area contributed by atoms with Crippen molar-refractivity contribution < 1.29 is 14.6 Å². The summed E-state index contributed by atoms with van der Waals surface area (Å²) in [7, 11) is 1.63. The molecule has 116 valence electrons. The number of piperidine rings is 1. The summed E-state index contributed by atoms with van der Waals surface area (Å²) in [6.07, 6.45) is 1.99. The molecule has 0 aliphatic carbocycles. The highest BCUT2D eigenvalue weighted by Crippen LogP contribution is 2.29. The zero-order chi connectivity index (χ0) is 15.2. The van der Waals surface area contributed by atoms with Gasteiger partial charge in [-0.15, -0.1) is 0 Å². The fourth-order valence-electron chi connectivity index (χ4n) is 2.61. The fourth-order valence-corrected chi connectivity index (χ4v) is 2.61. The van der Waals surface area contributed by atoms with Crippen LogP contribution in [0.2, 0.25) is 0 Å². The summed E-state index contributed by atoms with van der Waals surface area (Å²) in [6, 6.07) is 5.56. The molecule has 0 amide bonds. The molecule has 1 aromatic carbocycles. The zero-order valence-electron chi connectivity index (χ0n) is 12.3. The number of aliphatic hydroxyl groups is 1. The van der Waals surface area contributed by atoms with Gasteiger partial charge in [-0.05, 0) is 25.0 Å². The molecule has 2 rings (SSSR count). The largest absolute Gasteiger partial charge is 0.497 e. The molecule has 6 nitrogen and oxygen atoms in total. The SMILES string of the molecule is COc1ccc(C(=N)N)c(N2CCC(OCCO)CC2)c1. The predicted octanol–water partition coefficient (Wildman–Crippen LogP) is 0.957. The number of methoxy groups -OCH3 is 1. The minimum absolute atomic E-state index is 0.0601. The molecule has 1 fully saturated rings. The first-order valence-electron chi connectivity index (χ1n) is 7.15. The number of nitrogens with zero attached hydrogens (tertiary/aromatic N) is 1. The van der Waals surface area contributed by atoms with Gasteiger partial charge in [0.2, 0.25) is 0 Å². The van der Waals surface area contributed by atoms with Crippen LogP contribution in [0.25, 0.3) is 0 Å². The molecule has 1 heterocycles.